The summed E-state index contributed by atoms with van der Waals surface area (Å²) in [4.78, 5) is 35.7. The van der Waals surface area contributed by atoms with Crippen molar-refractivity contribution in [2.45, 2.75) is 39.5 Å². The SMILES string of the molecule is Cc1ccc(C(=O)CCC(=O)OCC(=O)NCCCc2ccccc2)cc1C. The molecule has 0 saturated carbocycles. The van der Waals surface area contributed by atoms with Crippen LogP contribution >= 0.6 is 0 Å². The Bertz CT molecular complexity index is 815. The molecule has 2 aromatic carbocycles. The zero-order valence-electron chi connectivity index (χ0n) is 16.5. The first-order valence-corrected chi connectivity index (χ1v) is 9.52. The molecule has 0 unspecified atom stereocenters. The van der Waals surface area contributed by atoms with Crippen molar-refractivity contribution >= 4 is 17.7 Å². The van der Waals surface area contributed by atoms with Gasteiger partial charge in [-0.25, -0.2) is 0 Å². The highest BCUT2D eigenvalue weighted by Crippen LogP contribution is 2.12. The molecule has 1 N–H and O–H groups in total. The second-order valence-corrected chi connectivity index (χ2v) is 6.82. The van der Waals surface area contributed by atoms with Crippen LogP contribution < -0.4 is 5.32 Å². The van der Waals surface area contributed by atoms with Gasteiger partial charge in [0.15, 0.2) is 12.4 Å². The maximum absolute atomic E-state index is 12.2. The van der Waals surface area contributed by atoms with Crippen LogP contribution in [0.1, 0.15) is 46.3 Å². The third-order valence-corrected chi connectivity index (χ3v) is 4.56. The fourth-order valence-corrected chi connectivity index (χ4v) is 2.71. The minimum Gasteiger partial charge on any atom is -0.456 e. The number of aryl methyl sites for hydroxylation is 3. The van der Waals surface area contributed by atoms with E-state index < -0.39 is 5.97 Å². The van der Waals surface area contributed by atoms with E-state index in [1.807, 2.05) is 56.3 Å². The summed E-state index contributed by atoms with van der Waals surface area (Å²) in [6, 6.07) is 15.5. The van der Waals surface area contributed by atoms with Gasteiger partial charge in [-0.05, 0) is 49.4 Å². The van der Waals surface area contributed by atoms with E-state index in [0.717, 1.165) is 24.0 Å². The van der Waals surface area contributed by atoms with E-state index in [1.54, 1.807) is 6.07 Å². The van der Waals surface area contributed by atoms with Gasteiger partial charge in [0.1, 0.15) is 0 Å². The Kier molecular flexibility index (Phi) is 8.40. The Labute approximate surface area is 166 Å². The molecule has 0 aliphatic carbocycles. The minimum atomic E-state index is -0.545. The first-order chi connectivity index (χ1) is 13.5. The molecular formula is C23H27NO4. The van der Waals surface area contributed by atoms with E-state index in [0.29, 0.717) is 12.1 Å². The number of hydrogen-bond donors (Lipinski definition) is 1. The molecule has 0 fully saturated rings. The molecule has 2 rings (SSSR count). The highest BCUT2D eigenvalue weighted by molar-refractivity contribution is 5.97. The van der Waals surface area contributed by atoms with Crippen LogP contribution in [0.25, 0.3) is 0 Å². The van der Waals surface area contributed by atoms with Crippen molar-refractivity contribution in [1.82, 2.24) is 5.32 Å². The van der Waals surface area contributed by atoms with Gasteiger partial charge in [-0.1, -0.05) is 42.5 Å². The number of ether oxygens (including phenoxy) is 1. The predicted molar refractivity (Wildman–Crippen MR) is 108 cm³/mol. The lowest BCUT2D eigenvalue weighted by Gasteiger charge is -2.07. The molecule has 0 saturated heterocycles. The molecule has 0 heterocycles. The molecule has 0 aliphatic rings. The highest BCUT2D eigenvalue weighted by atomic mass is 16.5. The molecule has 0 atom stereocenters. The highest BCUT2D eigenvalue weighted by Gasteiger charge is 2.12. The van der Waals surface area contributed by atoms with Gasteiger partial charge < -0.3 is 10.1 Å². The van der Waals surface area contributed by atoms with Crippen molar-refractivity contribution < 1.29 is 19.1 Å². The van der Waals surface area contributed by atoms with Crippen LogP contribution in [-0.4, -0.2) is 30.8 Å². The summed E-state index contributed by atoms with van der Waals surface area (Å²) in [5, 5.41) is 2.73. The summed E-state index contributed by atoms with van der Waals surface area (Å²) in [5.41, 5.74) is 3.96. The smallest absolute Gasteiger partial charge is 0.306 e. The Hall–Kier alpha value is -2.95. The lowest BCUT2D eigenvalue weighted by atomic mass is 10.0. The van der Waals surface area contributed by atoms with E-state index in [2.05, 4.69) is 5.32 Å². The van der Waals surface area contributed by atoms with E-state index in [1.165, 1.54) is 5.56 Å². The molecule has 5 heteroatoms. The van der Waals surface area contributed by atoms with Crippen LogP contribution in [0.2, 0.25) is 0 Å². The van der Waals surface area contributed by atoms with E-state index in [9.17, 15) is 14.4 Å². The van der Waals surface area contributed by atoms with Crippen LogP contribution in [0.15, 0.2) is 48.5 Å². The van der Waals surface area contributed by atoms with E-state index >= 15 is 0 Å². The third kappa shape index (κ3) is 7.35. The molecule has 0 spiro atoms. The van der Waals surface area contributed by atoms with Crippen LogP contribution in [-0.2, 0) is 20.7 Å². The van der Waals surface area contributed by atoms with Gasteiger partial charge in [-0.3, -0.25) is 14.4 Å². The maximum Gasteiger partial charge on any atom is 0.306 e. The number of carbonyl (C=O) groups is 3. The summed E-state index contributed by atoms with van der Waals surface area (Å²) in [6.45, 7) is 4.13. The lowest BCUT2D eigenvalue weighted by molar-refractivity contribution is -0.148. The number of Topliss-reactive ketones (excluding diaryl/α,β-unsaturated/α-hetero) is 1. The van der Waals surface area contributed by atoms with Gasteiger partial charge in [-0.2, -0.15) is 0 Å². The number of hydrogen-bond acceptors (Lipinski definition) is 4. The average Bonchev–Trinajstić information content (AvgIpc) is 2.70. The van der Waals surface area contributed by atoms with Crippen LogP contribution in [0.5, 0.6) is 0 Å². The molecule has 28 heavy (non-hydrogen) atoms. The second-order valence-electron chi connectivity index (χ2n) is 6.82. The lowest BCUT2D eigenvalue weighted by Crippen LogP contribution is -2.29. The summed E-state index contributed by atoms with van der Waals surface area (Å²) in [6.07, 6.45) is 1.72. The molecule has 148 valence electrons. The van der Waals surface area contributed by atoms with Crippen LogP contribution in [0, 0.1) is 13.8 Å². The average molecular weight is 381 g/mol. The number of carbonyl (C=O) groups excluding carboxylic acids is 3. The topological polar surface area (TPSA) is 72.5 Å². The molecule has 2 aromatic rings. The van der Waals surface area contributed by atoms with Gasteiger partial charge in [0.25, 0.3) is 5.91 Å². The van der Waals surface area contributed by atoms with E-state index in [-0.39, 0.29) is 31.1 Å². The normalized spacial score (nSPS) is 10.4. The Morgan fingerprint density at radius 1 is 0.929 bits per heavy atom. The summed E-state index contributed by atoms with van der Waals surface area (Å²) >= 11 is 0. The summed E-state index contributed by atoms with van der Waals surface area (Å²) in [5.74, 6) is -0.982. The van der Waals surface area contributed by atoms with Crippen molar-refractivity contribution in [3.05, 3.63) is 70.8 Å². The van der Waals surface area contributed by atoms with Crippen LogP contribution in [0.4, 0.5) is 0 Å². The fraction of sp³-hybridized carbons (Fsp3) is 0.348. The molecule has 0 bridgehead atoms. The Morgan fingerprint density at radius 2 is 1.68 bits per heavy atom. The standard InChI is InChI=1S/C23H27NO4/c1-17-10-11-20(15-18(17)2)21(25)12-13-23(27)28-16-22(26)24-14-6-9-19-7-4-3-5-8-19/h3-5,7-8,10-11,15H,6,9,12-14,16H2,1-2H3,(H,24,26). The first kappa shape index (κ1) is 21.4. The van der Waals surface area contributed by atoms with Crippen LogP contribution in [0.3, 0.4) is 0 Å². The molecule has 0 aliphatic heterocycles. The molecule has 0 radical (unpaired) electrons. The maximum atomic E-state index is 12.2. The number of rotatable bonds is 10. The third-order valence-electron chi connectivity index (χ3n) is 4.56. The van der Waals surface area contributed by atoms with Gasteiger partial charge in [0, 0.05) is 18.5 Å². The van der Waals surface area contributed by atoms with Crippen molar-refractivity contribution in [3.63, 3.8) is 0 Å². The fourth-order valence-electron chi connectivity index (χ4n) is 2.71. The first-order valence-electron chi connectivity index (χ1n) is 9.52. The van der Waals surface area contributed by atoms with Gasteiger partial charge >= 0.3 is 5.97 Å². The monoisotopic (exact) mass is 381 g/mol. The number of esters is 1. The summed E-state index contributed by atoms with van der Waals surface area (Å²) < 4.78 is 4.95. The quantitative estimate of drug-likeness (QED) is 0.388. The predicted octanol–water partition coefficient (Wildman–Crippen LogP) is 3.56. The van der Waals surface area contributed by atoms with Crippen molar-refractivity contribution in [3.8, 4) is 0 Å². The Balaban J connectivity index is 1.60. The summed E-state index contributed by atoms with van der Waals surface area (Å²) in [7, 11) is 0. The molecule has 1 amide bonds. The van der Waals surface area contributed by atoms with Crippen molar-refractivity contribution in [2.75, 3.05) is 13.2 Å². The van der Waals surface area contributed by atoms with Crippen molar-refractivity contribution in [1.29, 1.82) is 0 Å². The van der Waals surface area contributed by atoms with Gasteiger partial charge in [0.2, 0.25) is 0 Å². The molecule has 0 aromatic heterocycles. The zero-order valence-corrected chi connectivity index (χ0v) is 16.5. The van der Waals surface area contributed by atoms with Crippen molar-refractivity contribution in [2.24, 2.45) is 0 Å². The van der Waals surface area contributed by atoms with Gasteiger partial charge in [-0.15, -0.1) is 0 Å². The number of ketones is 1. The number of benzene rings is 2. The number of nitrogens with one attached hydrogen (secondary N) is 1. The largest absolute Gasteiger partial charge is 0.456 e. The molecular weight excluding hydrogens is 354 g/mol. The zero-order chi connectivity index (χ0) is 20.4. The van der Waals surface area contributed by atoms with Gasteiger partial charge in [0.05, 0.1) is 6.42 Å². The molecule has 5 nitrogen and oxygen atoms in total. The van der Waals surface area contributed by atoms with E-state index in [4.69, 9.17) is 4.74 Å². The second kappa shape index (κ2) is 11.0. The minimum absolute atomic E-state index is 0.0347. The number of amides is 1. The Morgan fingerprint density at radius 3 is 2.39 bits per heavy atom.